The first-order chi connectivity index (χ1) is 8.72. The topological polar surface area (TPSA) is 17.8 Å². The van der Waals surface area contributed by atoms with E-state index in [1.54, 1.807) is 0 Å². The highest BCUT2D eigenvalue weighted by Crippen LogP contribution is 2.20. The third-order valence-electron chi connectivity index (χ3n) is 3.37. The van der Waals surface area contributed by atoms with Gasteiger partial charge < -0.3 is 0 Å². The van der Waals surface area contributed by atoms with Crippen LogP contribution in [0.1, 0.15) is 38.3 Å². The highest BCUT2D eigenvalue weighted by molar-refractivity contribution is 6.20. The van der Waals surface area contributed by atoms with Crippen LogP contribution in [-0.2, 0) is 13.5 Å². The number of fused-ring (bicyclic) bond motifs is 1. The average Bonchev–Trinajstić information content (AvgIpc) is 2.68. The van der Waals surface area contributed by atoms with Crippen molar-refractivity contribution in [2.45, 2.75) is 44.4 Å². The fourth-order valence-corrected chi connectivity index (χ4v) is 2.79. The van der Waals surface area contributed by atoms with E-state index in [9.17, 15) is 0 Å². The number of nitrogens with zero attached hydrogens (tertiary/aromatic N) is 2. The molecule has 0 aliphatic rings. The molecule has 0 amide bonds. The lowest BCUT2D eigenvalue weighted by molar-refractivity contribution is 0.631. The number of hydrogen-bond donors (Lipinski definition) is 0. The predicted octanol–water partition coefficient (Wildman–Crippen LogP) is 4.30. The van der Waals surface area contributed by atoms with E-state index >= 15 is 0 Å². The van der Waals surface area contributed by atoms with Crippen LogP contribution in [0.5, 0.6) is 0 Å². The van der Waals surface area contributed by atoms with Gasteiger partial charge in [-0.25, -0.2) is 0 Å². The monoisotopic (exact) mass is 264 g/mol. The van der Waals surface area contributed by atoms with Gasteiger partial charge in [-0.1, -0.05) is 31.5 Å². The van der Waals surface area contributed by atoms with E-state index in [1.807, 2.05) is 11.7 Å². The lowest BCUT2D eigenvalue weighted by Crippen LogP contribution is -1.99. The second kappa shape index (κ2) is 6.24. The number of para-hydroxylation sites is 1. The number of benzene rings is 1. The van der Waals surface area contributed by atoms with Crippen LogP contribution in [-0.4, -0.2) is 15.2 Å². The van der Waals surface area contributed by atoms with Crippen LogP contribution < -0.4 is 0 Å². The van der Waals surface area contributed by atoms with Gasteiger partial charge in [-0.2, -0.15) is 5.10 Å². The number of aryl methyl sites for hydroxylation is 2. The SMILES string of the molecule is CCCC(Cl)CCCc1nn(C)c2ccccc12. The van der Waals surface area contributed by atoms with Crippen molar-refractivity contribution in [1.82, 2.24) is 9.78 Å². The summed E-state index contributed by atoms with van der Waals surface area (Å²) >= 11 is 6.25. The van der Waals surface area contributed by atoms with E-state index in [0.29, 0.717) is 5.38 Å². The molecule has 0 saturated heterocycles. The molecule has 0 bridgehead atoms. The van der Waals surface area contributed by atoms with Crippen molar-refractivity contribution < 1.29 is 0 Å². The minimum atomic E-state index is 0.324. The summed E-state index contributed by atoms with van der Waals surface area (Å²) in [6, 6.07) is 8.41. The van der Waals surface area contributed by atoms with Gasteiger partial charge in [0.05, 0.1) is 11.2 Å². The second-order valence-electron chi connectivity index (χ2n) is 4.87. The Kier molecular flexibility index (Phi) is 4.65. The van der Waals surface area contributed by atoms with Gasteiger partial charge in [0, 0.05) is 17.8 Å². The van der Waals surface area contributed by atoms with Crippen LogP contribution >= 0.6 is 11.6 Å². The van der Waals surface area contributed by atoms with Gasteiger partial charge in [0.25, 0.3) is 0 Å². The maximum atomic E-state index is 6.25. The molecule has 0 fully saturated rings. The molecule has 0 spiro atoms. The van der Waals surface area contributed by atoms with Gasteiger partial charge >= 0.3 is 0 Å². The molecule has 3 heteroatoms. The first kappa shape index (κ1) is 13.4. The normalized spacial score (nSPS) is 13.1. The van der Waals surface area contributed by atoms with E-state index in [0.717, 1.165) is 25.7 Å². The number of alkyl halides is 1. The van der Waals surface area contributed by atoms with Crippen molar-refractivity contribution in [3.05, 3.63) is 30.0 Å². The summed E-state index contributed by atoms with van der Waals surface area (Å²) in [4.78, 5) is 0. The first-order valence-corrected chi connectivity index (χ1v) is 7.20. The molecule has 1 atom stereocenters. The number of aromatic nitrogens is 2. The van der Waals surface area contributed by atoms with Gasteiger partial charge in [-0.05, 0) is 31.7 Å². The van der Waals surface area contributed by atoms with Crippen LogP contribution in [0, 0.1) is 0 Å². The summed E-state index contributed by atoms with van der Waals surface area (Å²) in [7, 11) is 2.01. The molecule has 1 aromatic heterocycles. The van der Waals surface area contributed by atoms with Gasteiger partial charge in [0.2, 0.25) is 0 Å². The number of halogens is 1. The van der Waals surface area contributed by atoms with Gasteiger partial charge in [0.1, 0.15) is 0 Å². The Hall–Kier alpha value is -1.02. The molecule has 2 aromatic rings. The quantitative estimate of drug-likeness (QED) is 0.711. The molecule has 0 radical (unpaired) electrons. The molecule has 0 saturated carbocycles. The summed E-state index contributed by atoms with van der Waals surface area (Å²) in [5.74, 6) is 0. The Labute approximate surface area is 114 Å². The minimum Gasteiger partial charge on any atom is -0.268 e. The molecule has 0 aliphatic carbocycles. The standard InChI is InChI=1S/C15H21ClN2/c1-3-7-12(16)8-6-10-14-13-9-4-5-11-15(13)18(2)17-14/h4-5,9,11-12H,3,6-8,10H2,1-2H3. The zero-order valence-corrected chi connectivity index (χ0v) is 12.0. The van der Waals surface area contributed by atoms with Gasteiger partial charge in [-0.3, -0.25) is 4.68 Å². The van der Waals surface area contributed by atoms with Crippen LogP contribution in [0.4, 0.5) is 0 Å². The van der Waals surface area contributed by atoms with Crippen molar-refractivity contribution in [3.8, 4) is 0 Å². The van der Waals surface area contributed by atoms with Gasteiger partial charge in [-0.15, -0.1) is 11.6 Å². The fourth-order valence-electron chi connectivity index (χ4n) is 2.42. The predicted molar refractivity (Wildman–Crippen MR) is 78.2 cm³/mol. The number of rotatable bonds is 6. The highest BCUT2D eigenvalue weighted by atomic mass is 35.5. The molecule has 18 heavy (non-hydrogen) atoms. The largest absolute Gasteiger partial charge is 0.268 e. The van der Waals surface area contributed by atoms with Gasteiger partial charge in [0.15, 0.2) is 0 Å². The summed E-state index contributed by atoms with van der Waals surface area (Å²) < 4.78 is 1.97. The Bertz CT molecular complexity index is 504. The molecular weight excluding hydrogens is 244 g/mol. The lowest BCUT2D eigenvalue weighted by atomic mass is 10.1. The van der Waals surface area contributed by atoms with E-state index in [1.165, 1.54) is 23.0 Å². The highest BCUT2D eigenvalue weighted by Gasteiger charge is 2.09. The Balaban J connectivity index is 2.00. The van der Waals surface area contributed by atoms with E-state index in [4.69, 9.17) is 11.6 Å². The van der Waals surface area contributed by atoms with Crippen molar-refractivity contribution in [3.63, 3.8) is 0 Å². The molecule has 0 aliphatic heterocycles. The Morgan fingerprint density at radius 2 is 2.06 bits per heavy atom. The molecule has 1 heterocycles. The molecule has 2 rings (SSSR count). The maximum Gasteiger partial charge on any atom is 0.0703 e. The summed E-state index contributed by atoms with van der Waals surface area (Å²) in [6.07, 6.45) is 5.51. The smallest absolute Gasteiger partial charge is 0.0703 e. The number of hydrogen-bond acceptors (Lipinski definition) is 1. The first-order valence-electron chi connectivity index (χ1n) is 6.77. The molecule has 98 valence electrons. The molecule has 1 unspecified atom stereocenters. The zero-order chi connectivity index (χ0) is 13.0. The molecule has 1 aromatic carbocycles. The second-order valence-corrected chi connectivity index (χ2v) is 5.48. The van der Waals surface area contributed by atoms with Crippen LogP contribution in [0.3, 0.4) is 0 Å². The Morgan fingerprint density at radius 3 is 2.83 bits per heavy atom. The summed E-state index contributed by atoms with van der Waals surface area (Å²) in [5.41, 5.74) is 2.41. The molecular formula is C15H21ClN2. The van der Waals surface area contributed by atoms with Crippen LogP contribution in [0.15, 0.2) is 24.3 Å². The van der Waals surface area contributed by atoms with Crippen LogP contribution in [0.2, 0.25) is 0 Å². The van der Waals surface area contributed by atoms with Crippen molar-refractivity contribution in [2.75, 3.05) is 0 Å². The molecule has 0 N–H and O–H groups in total. The molecule has 2 nitrogen and oxygen atoms in total. The van der Waals surface area contributed by atoms with E-state index in [2.05, 4.69) is 36.3 Å². The van der Waals surface area contributed by atoms with Crippen LogP contribution in [0.25, 0.3) is 10.9 Å². The minimum absolute atomic E-state index is 0.324. The third kappa shape index (κ3) is 3.05. The van der Waals surface area contributed by atoms with E-state index in [-0.39, 0.29) is 0 Å². The maximum absolute atomic E-state index is 6.25. The fraction of sp³-hybridized carbons (Fsp3) is 0.533. The Morgan fingerprint density at radius 1 is 1.28 bits per heavy atom. The van der Waals surface area contributed by atoms with E-state index < -0.39 is 0 Å². The van der Waals surface area contributed by atoms with Crippen molar-refractivity contribution >= 4 is 22.5 Å². The van der Waals surface area contributed by atoms with Crippen molar-refractivity contribution in [2.24, 2.45) is 7.05 Å². The van der Waals surface area contributed by atoms with Crippen molar-refractivity contribution in [1.29, 1.82) is 0 Å². The zero-order valence-electron chi connectivity index (χ0n) is 11.2. The summed E-state index contributed by atoms with van der Waals surface area (Å²) in [6.45, 7) is 2.18. The summed E-state index contributed by atoms with van der Waals surface area (Å²) in [5, 5.41) is 6.21. The lowest BCUT2D eigenvalue weighted by Gasteiger charge is -2.06. The average molecular weight is 265 g/mol. The third-order valence-corrected chi connectivity index (χ3v) is 3.80.